The second kappa shape index (κ2) is 8.97. The molecule has 1 saturated heterocycles. The molecule has 0 atom stereocenters. The van der Waals surface area contributed by atoms with Gasteiger partial charge in [-0.2, -0.15) is 0 Å². The van der Waals surface area contributed by atoms with Crippen LogP contribution in [0.25, 0.3) is 10.2 Å². The Labute approximate surface area is 174 Å². The van der Waals surface area contributed by atoms with E-state index in [1.807, 2.05) is 18.2 Å². The van der Waals surface area contributed by atoms with E-state index in [0.717, 1.165) is 34.9 Å². The van der Waals surface area contributed by atoms with Gasteiger partial charge >= 0.3 is 0 Å². The highest BCUT2D eigenvalue weighted by atomic mass is 32.2. The summed E-state index contributed by atoms with van der Waals surface area (Å²) in [6.45, 7) is 2.81. The van der Waals surface area contributed by atoms with Gasteiger partial charge in [0.1, 0.15) is 0 Å². The largest absolute Gasteiger partial charge is 0.352 e. The number of carbonyl (C=O) groups excluding carboxylic acids is 1. The molecule has 0 saturated carbocycles. The smallest absolute Gasteiger partial charge is 0.251 e. The van der Waals surface area contributed by atoms with Gasteiger partial charge in [0.25, 0.3) is 5.91 Å². The lowest BCUT2D eigenvalue weighted by Crippen LogP contribution is -2.29. The Morgan fingerprint density at radius 3 is 2.68 bits per heavy atom. The minimum absolute atomic E-state index is 0.0180. The van der Waals surface area contributed by atoms with Crippen molar-refractivity contribution in [2.45, 2.75) is 30.6 Å². The number of anilines is 1. The molecular weight excluding hydrogens is 386 g/mol. The number of hydrogen-bond donors (Lipinski definition) is 1. The van der Waals surface area contributed by atoms with Crippen LogP contribution in [0.5, 0.6) is 0 Å². The fourth-order valence-electron chi connectivity index (χ4n) is 3.49. The van der Waals surface area contributed by atoms with Crippen LogP contribution in [0.3, 0.4) is 0 Å². The van der Waals surface area contributed by atoms with E-state index in [0.29, 0.717) is 12.1 Å². The molecule has 6 heteroatoms. The molecule has 2 heterocycles. The molecule has 0 unspecified atom stereocenters. The maximum absolute atomic E-state index is 12.5. The number of piperidine rings is 1. The summed E-state index contributed by atoms with van der Waals surface area (Å²) in [7, 11) is 0. The topological polar surface area (TPSA) is 45.2 Å². The third kappa shape index (κ3) is 4.50. The van der Waals surface area contributed by atoms with E-state index in [9.17, 15) is 4.79 Å². The maximum Gasteiger partial charge on any atom is 0.251 e. The lowest BCUT2D eigenvalue weighted by molar-refractivity contribution is 0.0954. The molecule has 2 aromatic carbocycles. The lowest BCUT2D eigenvalue weighted by Gasteiger charge is -2.25. The van der Waals surface area contributed by atoms with E-state index in [2.05, 4.69) is 40.7 Å². The van der Waals surface area contributed by atoms with Crippen LogP contribution in [-0.2, 0) is 6.42 Å². The summed E-state index contributed by atoms with van der Waals surface area (Å²) in [5.74, 6) is -0.0180. The van der Waals surface area contributed by atoms with E-state index in [-0.39, 0.29) is 5.91 Å². The number of rotatable bonds is 6. The van der Waals surface area contributed by atoms with Crippen LogP contribution < -0.4 is 10.2 Å². The van der Waals surface area contributed by atoms with E-state index in [1.165, 1.54) is 29.7 Å². The monoisotopic (exact) mass is 411 g/mol. The van der Waals surface area contributed by atoms with Gasteiger partial charge in [0.05, 0.1) is 10.2 Å². The van der Waals surface area contributed by atoms with Crippen molar-refractivity contribution in [3.8, 4) is 0 Å². The zero-order valence-electron chi connectivity index (χ0n) is 16.1. The van der Waals surface area contributed by atoms with Crippen molar-refractivity contribution in [2.24, 2.45) is 0 Å². The maximum atomic E-state index is 12.5. The van der Waals surface area contributed by atoms with Crippen LogP contribution >= 0.6 is 23.1 Å². The predicted molar refractivity (Wildman–Crippen MR) is 120 cm³/mol. The fourth-order valence-corrected chi connectivity index (χ4v) is 4.95. The van der Waals surface area contributed by atoms with Gasteiger partial charge in [-0.3, -0.25) is 4.79 Å². The molecule has 146 valence electrons. The Morgan fingerprint density at radius 2 is 1.93 bits per heavy atom. The quantitative estimate of drug-likeness (QED) is 0.581. The Hall–Kier alpha value is -2.05. The molecule has 4 rings (SSSR count). The van der Waals surface area contributed by atoms with Crippen LogP contribution in [0.2, 0.25) is 0 Å². The molecule has 1 aromatic heterocycles. The van der Waals surface area contributed by atoms with Crippen molar-refractivity contribution in [3.05, 3.63) is 53.6 Å². The number of nitrogens with zero attached hydrogens (tertiary/aromatic N) is 2. The Kier molecular flexibility index (Phi) is 6.17. The van der Waals surface area contributed by atoms with Gasteiger partial charge in [-0.1, -0.05) is 23.5 Å². The van der Waals surface area contributed by atoms with Gasteiger partial charge < -0.3 is 10.2 Å². The number of amides is 1. The first-order valence-corrected chi connectivity index (χ1v) is 11.8. The summed E-state index contributed by atoms with van der Waals surface area (Å²) < 4.78 is 1.08. The minimum Gasteiger partial charge on any atom is -0.352 e. The van der Waals surface area contributed by atoms with Crippen LogP contribution in [0.15, 0.2) is 47.4 Å². The van der Waals surface area contributed by atoms with Crippen molar-refractivity contribution in [1.82, 2.24) is 10.3 Å². The standard InChI is InChI=1S/C22H25N3OS2/c1-27-18-8-5-16(6-9-18)11-12-23-21(26)17-7-10-19-20(15-17)28-22(24-19)25-13-3-2-4-14-25/h5-10,15H,2-4,11-14H2,1H3,(H,23,26). The first kappa shape index (κ1) is 19.3. The molecule has 4 nitrogen and oxygen atoms in total. The Balaban J connectivity index is 1.37. The van der Waals surface area contributed by atoms with E-state index in [4.69, 9.17) is 4.98 Å². The van der Waals surface area contributed by atoms with E-state index in [1.54, 1.807) is 23.1 Å². The van der Waals surface area contributed by atoms with Gasteiger partial charge in [-0.05, 0) is 67.8 Å². The number of fused-ring (bicyclic) bond motifs is 1. The molecule has 0 aliphatic carbocycles. The molecule has 0 bridgehead atoms. The number of aromatic nitrogens is 1. The third-order valence-electron chi connectivity index (χ3n) is 5.12. The minimum atomic E-state index is -0.0180. The zero-order valence-corrected chi connectivity index (χ0v) is 17.7. The molecular formula is C22H25N3OS2. The molecule has 28 heavy (non-hydrogen) atoms. The molecule has 1 aliphatic rings. The van der Waals surface area contributed by atoms with Crippen LogP contribution in [0.1, 0.15) is 35.2 Å². The first-order chi connectivity index (χ1) is 13.7. The summed E-state index contributed by atoms with van der Waals surface area (Å²) in [5, 5.41) is 4.12. The summed E-state index contributed by atoms with van der Waals surface area (Å²) in [4.78, 5) is 20.9. The molecule has 1 amide bonds. The average Bonchev–Trinajstić information content (AvgIpc) is 3.18. The number of thioether (sulfide) groups is 1. The van der Waals surface area contributed by atoms with Crippen LogP contribution in [0.4, 0.5) is 5.13 Å². The fraction of sp³-hybridized carbons (Fsp3) is 0.364. The number of hydrogen-bond acceptors (Lipinski definition) is 5. The second-order valence-electron chi connectivity index (χ2n) is 7.08. The number of nitrogens with one attached hydrogen (secondary N) is 1. The number of thiazole rings is 1. The molecule has 1 fully saturated rings. The first-order valence-electron chi connectivity index (χ1n) is 9.79. The summed E-state index contributed by atoms with van der Waals surface area (Å²) in [6.07, 6.45) is 6.70. The summed E-state index contributed by atoms with van der Waals surface area (Å²) in [5.41, 5.74) is 2.93. The summed E-state index contributed by atoms with van der Waals surface area (Å²) in [6, 6.07) is 14.3. The average molecular weight is 412 g/mol. The Morgan fingerprint density at radius 1 is 1.14 bits per heavy atom. The second-order valence-corrected chi connectivity index (χ2v) is 8.97. The highest BCUT2D eigenvalue weighted by Gasteiger charge is 2.16. The van der Waals surface area contributed by atoms with Crippen molar-refractivity contribution in [1.29, 1.82) is 0 Å². The van der Waals surface area contributed by atoms with Crippen molar-refractivity contribution < 1.29 is 4.79 Å². The Bertz CT molecular complexity index is 946. The molecule has 0 radical (unpaired) electrons. The van der Waals surface area contributed by atoms with Crippen LogP contribution in [-0.4, -0.2) is 36.8 Å². The van der Waals surface area contributed by atoms with Gasteiger partial charge in [0.2, 0.25) is 0 Å². The highest BCUT2D eigenvalue weighted by molar-refractivity contribution is 7.98. The van der Waals surface area contributed by atoms with Crippen molar-refractivity contribution in [3.63, 3.8) is 0 Å². The van der Waals surface area contributed by atoms with Gasteiger partial charge in [-0.15, -0.1) is 11.8 Å². The summed E-state index contributed by atoms with van der Waals surface area (Å²) >= 11 is 3.43. The highest BCUT2D eigenvalue weighted by Crippen LogP contribution is 2.31. The third-order valence-corrected chi connectivity index (χ3v) is 6.95. The zero-order chi connectivity index (χ0) is 19.3. The SMILES string of the molecule is CSc1ccc(CCNC(=O)c2ccc3nc(N4CCCCC4)sc3c2)cc1. The van der Waals surface area contributed by atoms with E-state index < -0.39 is 0 Å². The van der Waals surface area contributed by atoms with Crippen molar-refractivity contribution in [2.75, 3.05) is 30.8 Å². The van der Waals surface area contributed by atoms with Gasteiger partial charge in [-0.25, -0.2) is 4.98 Å². The molecule has 1 aliphatic heterocycles. The molecule has 1 N–H and O–H groups in total. The van der Waals surface area contributed by atoms with Gasteiger partial charge in [0.15, 0.2) is 5.13 Å². The van der Waals surface area contributed by atoms with Gasteiger partial charge in [0, 0.05) is 30.1 Å². The van der Waals surface area contributed by atoms with E-state index >= 15 is 0 Å². The predicted octanol–water partition coefficient (Wildman–Crippen LogP) is 4.98. The molecule has 3 aromatic rings. The lowest BCUT2D eigenvalue weighted by atomic mass is 10.1. The number of benzene rings is 2. The van der Waals surface area contributed by atoms with Crippen molar-refractivity contribution >= 4 is 44.4 Å². The number of carbonyl (C=O) groups is 1. The normalized spacial score (nSPS) is 14.4. The molecule has 0 spiro atoms. The van der Waals surface area contributed by atoms with Crippen LogP contribution in [0, 0.1) is 0 Å².